The molecule has 0 spiro atoms. The van der Waals surface area contributed by atoms with Crippen LogP contribution in [0.15, 0.2) is 72.8 Å². The Morgan fingerprint density at radius 3 is 2.36 bits per heavy atom. The summed E-state index contributed by atoms with van der Waals surface area (Å²) < 4.78 is 16.4. The van der Waals surface area contributed by atoms with E-state index in [9.17, 15) is 4.79 Å². The second-order valence-electron chi connectivity index (χ2n) is 6.19. The zero-order valence-corrected chi connectivity index (χ0v) is 16.0. The molecule has 0 aliphatic carbocycles. The van der Waals surface area contributed by atoms with Gasteiger partial charge in [0.2, 0.25) is 5.91 Å². The van der Waals surface area contributed by atoms with Crippen molar-refractivity contribution in [2.24, 2.45) is 0 Å². The number of hydrogen-bond donors (Lipinski definition) is 1. The molecule has 144 valence electrons. The number of para-hydroxylation sites is 1. The Morgan fingerprint density at radius 1 is 0.821 bits per heavy atom. The first-order valence-electron chi connectivity index (χ1n) is 8.97. The fourth-order valence-electron chi connectivity index (χ4n) is 2.78. The molecular weight excluding hydrogens is 354 g/mol. The van der Waals surface area contributed by atoms with Gasteiger partial charge in [-0.1, -0.05) is 36.4 Å². The van der Waals surface area contributed by atoms with E-state index in [4.69, 9.17) is 14.2 Å². The van der Waals surface area contributed by atoms with Crippen LogP contribution in [-0.4, -0.2) is 20.1 Å². The number of nitrogens with one attached hydrogen (secondary N) is 1. The van der Waals surface area contributed by atoms with E-state index in [1.165, 1.54) is 0 Å². The topological polar surface area (TPSA) is 56.8 Å². The van der Waals surface area contributed by atoms with Crippen LogP contribution in [0.3, 0.4) is 0 Å². The smallest absolute Gasteiger partial charge is 0.224 e. The number of benzene rings is 3. The van der Waals surface area contributed by atoms with E-state index in [0.29, 0.717) is 18.0 Å². The van der Waals surface area contributed by atoms with Crippen molar-refractivity contribution in [3.05, 3.63) is 83.9 Å². The van der Waals surface area contributed by atoms with Crippen LogP contribution in [0.5, 0.6) is 23.0 Å². The van der Waals surface area contributed by atoms with Gasteiger partial charge in [0.15, 0.2) is 0 Å². The summed E-state index contributed by atoms with van der Waals surface area (Å²) in [4.78, 5) is 12.4. The molecule has 0 aliphatic heterocycles. The lowest BCUT2D eigenvalue weighted by atomic mass is 10.1. The summed E-state index contributed by atoms with van der Waals surface area (Å²) in [5.74, 6) is 2.74. The van der Waals surface area contributed by atoms with Gasteiger partial charge >= 0.3 is 0 Å². The first kappa shape index (κ1) is 19.3. The standard InChI is InChI=1S/C23H23NO4/c1-26-20-12-11-18(22(15-20)27-2)14-23(25)24-16-17-7-6-10-21(13-17)28-19-8-4-3-5-9-19/h3-13,15H,14,16H2,1-2H3,(H,24,25). The zero-order chi connectivity index (χ0) is 19.8. The number of methoxy groups -OCH3 is 2. The van der Waals surface area contributed by atoms with Crippen molar-refractivity contribution in [3.63, 3.8) is 0 Å². The predicted molar refractivity (Wildman–Crippen MR) is 108 cm³/mol. The van der Waals surface area contributed by atoms with Gasteiger partial charge in [0.25, 0.3) is 0 Å². The summed E-state index contributed by atoms with van der Waals surface area (Å²) in [6.07, 6.45) is 0.230. The molecule has 5 nitrogen and oxygen atoms in total. The molecule has 0 atom stereocenters. The molecule has 0 bridgehead atoms. The fourth-order valence-corrected chi connectivity index (χ4v) is 2.78. The van der Waals surface area contributed by atoms with E-state index in [2.05, 4.69) is 5.32 Å². The number of amides is 1. The Morgan fingerprint density at radius 2 is 1.61 bits per heavy atom. The summed E-state index contributed by atoms with van der Waals surface area (Å²) in [7, 11) is 3.17. The largest absolute Gasteiger partial charge is 0.497 e. The van der Waals surface area contributed by atoms with Crippen molar-refractivity contribution in [2.45, 2.75) is 13.0 Å². The minimum Gasteiger partial charge on any atom is -0.497 e. The van der Waals surface area contributed by atoms with Gasteiger partial charge < -0.3 is 19.5 Å². The highest BCUT2D eigenvalue weighted by molar-refractivity contribution is 5.79. The zero-order valence-electron chi connectivity index (χ0n) is 16.0. The Bertz CT molecular complexity index is 925. The van der Waals surface area contributed by atoms with Gasteiger partial charge in [0, 0.05) is 18.2 Å². The van der Waals surface area contributed by atoms with Crippen molar-refractivity contribution >= 4 is 5.91 Å². The molecule has 0 aliphatic rings. The first-order chi connectivity index (χ1) is 13.7. The van der Waals surface area contributed by atoms with Gasteiger partial charge in [-0.15, -0.1) is 0 Å². The molecule has 3 aromatic carbocycles. The van der Waals surface area contributed by atoms with E-state index < -0.39 is 0 Å². The normalized spacial score (nSPS) is 10.2. The van der Waals surface area contributed by atoms with E-state index in [1.807, 2.05) is 66.7 Å². The van der Waals surface area contributed by atoms with E-state index in [-0.39, 0.29) is 12.3 Å². The minimum absolute atomic E-state index is 0.0853. The maximum atomic E-state index is 12.4. The van der Waals surface area contributed by atoms with E-state index >= 15 is 0 Å². The molecule has 0 radical (unpaired) electrons. The highest BCUT2D eigenvalue weighted by atomic mass is 16.5. The average molecular weight is 377 g/mol. The summed E-state index contributed by atoms with van der Waals surface area (Å²) >= 11 is 0. The van der Waals surface area contributed by atoms with Crippen molar-refractivity contribution < 1.29 is 19.0 Å². The molecule has 0 saturated carbocycles. The van der Waals surface area contributed by atoms with Crippen LogP contribution in [0.1, 0.15) is 11.1 Å². The molecule has 3 rings (SSSR count). The summed E-state index contributed by atoms with van der Waals surface area (Å²) in [6, 6.07) is 22.7. The summed E-state index contributed by atoms with van der Waals surface area (Å²) in [5.41, 5.74) is 1.77. The van der Waals surface area contributed by atoms with Crippen molar-refractivity contribution in [1.82, 2.24) is 5.32 Å². The number of hydrogen-bond acceptors (Lipinski definition) is 4. The van der Waals surface area contributed by atoms with Gasteiger partial charge in [-0.25, -0.2) is 0 Å². The highest BCUT2D eigenvalue weighted by Gasteiger charge is 2.10. The van der Waals surface area contributed by atoms with Crippen molar-refractivity contribution in [3.8, 4) is 23.0 Å². The Kier molecular flexibility index (Phi) is 6.52. The predicted octanol–water partition coefficient (Wildman–Crippen LogP) is 4.36. The molecule has 5 heteroatoms. The van der Waals surface area contributed by atoms with Crippen LogP contribution in [0, 0.1) is 0 Å². The number of carbonyl (C=O) groups is 1. The van der Waals surface area contributed by atoms with Gasteiger partial charge in [0.1, 0.15) is 23.0 Å². The minimum atomic E-state index is -0.0853. The first-order valence-corrected chi connectivity index (χ1v) is 8.97. The van der Waals surface area contributed by atoms with Crippen LogP contribution in [0.4, 0.5) is 0 Å². The number of ether oxygens (including phenoxy) is 3. The maximum absolute atomic E-state index is 12.4. The lowest BCUT2D eigenvalue weighted by Gasteiger charge is -2.11. The molecule has 1 amide bonds. The van der Waals surface area contributed by atoms with Gasteiger partial charge in [-0.2, -0.15) is 0 Å². The molecule has 0 saturated heterocycles. The van der Waals surface area contributed by atoms with E-state index in [0.717, 1.165) is 22.6 Å². The van der Waals surface area contributed by atoms with Crippen LogP contribution < -0.4 is 19.5 Å². The third-order valence-electron chi connectivity index (χ3n) is 4.21. The fraction of sp³-hybridized carbons (Fsp3) is 0.174. The Balaban J connectivity index is 1.58. The quantitative estimate of drug-likeness (QED) is 0.634. The molecule has 28 heavy (non-hydrogen) atoms. The van der Waals surface area contributed by atoms with Crippen LogP contribution in [0.2, 0.25) is 0 Å². The molecule has 0 aromatic heterocycles. The molecule has 3 aromatic rings. The number of rotatable bonds is 8. The summed E-state index contributed by atoms with van der Waals surface area (Å²) in [5, 5.41) is 2.94. The maximum Gasteiger partial charge on any atom is 0.224 e. The van der Waals surface area contributed by atoms with Crippen LogP contribution in [-0.2, 0) is 17.8 Å². The van der Waals surface area contributed by atoms with Gasteiger partial charge in [-0.3, -0.25) is 4.79 Å². The molecule has 0 fully saturated rings. The van der Waals surface area contributed by atoms with E-state index in [1.54, 1.807) is 20.3 Å². The van der Waals surface area contributed by atoms with Gasteiger partial charge in [-0.05, 0) is 35.9 Å². The number of carbonyl (C=O) groups excluding carboxylic acids is 1. The third-order valence-corrected chi connectivity index (χ3v) is 4.21. The van der Waals surface area contributed by atoms with Crippen molar-refractivity contribution in [1.29, 1.82) is 0 Å². The van der Waals surface area contributed by atoms with Crippen LogP contribution >= 0.6 is 0 Å². The molecule has 0 heterocycles. The van der Waals surface area contributed by atoms with Crippen LogP contribution in [0.25, 0.3) is 0 Å². The lowest BCUT2D eigenvalue weighted by Crippen LogP contribution is -2.24. The van der Waals surface area contributed by atoms with Crippen molar-refractivity contribution in [2.75, 3.05) is 14.2 Å². The summed E-state index contributed by atoms with van der Waals surface area (Å²) in [6.45, 7) is 0.420. The monoisotopic (exact) mass is 377 g/mol. The molecular formula is C23H23NO4. The molecule has 0 unspecified atom stereocenters. The SMILES string of the molecule is COc1ccc(CC(=O)NCc2cccc(Oc3ccccc3)c2)c(OC)c1. The Labute approximate surface area is 164 Å². The third kappa shape index (κ3) is 5.27. The average Bonchev–Trinajstić information content (AvgIpc) is 2.73. The Hall–Kier alpha value is -3.47. The second-order valence-corrected chi connectivity index (χ2v) is 6.19. The molecule has 1 N–H and O–H groups in total. The second kappa shape index (κ2) is 9.46. The van der Waals surface area contributed by atoms with Gasteiger partial charge in [0.05, 0.1) is 20.6 Å². The highest BCUT2D eigenvalue weighted by Crippen LogP contribution is 2.25. The lowest BCUT2D eigenvalue weighted by molar-refractivity contribution is -0.120.